The fourth-order valence-electron chi connectivity index (χ4n) is 1.44. The first-order chi connectivity index (χ1) is 8.20. The summed E-state index contributed by atoms with van der Waals surface area (Å²) in [5.74, 6) is -1.23. The lowest BCUT2D eigenvalue weighted by Gasteiger charge is -2.14. The number of carboxylic acid groups (broad SMARTS) is 1. The number of anilines is 1. The van der Waals surface area contributed by atoms with E-state index in [1.165, 1.54) is 4.57 Å². The highest BCUT2D eigenvalue weighted by Gasteiger charge is 2.20. The fraction of sp³-hybridized carbons (Fsp3) is 0.625. The molecule has 1 heterocycles. The van der Waals surface area contributed by atoms with Crippen LogP contribution in [0.15, 0.2) is 5.16 Å². The lowest BCUT2D eigenvalue weighted by Crippen LogP contribution is -2.19. The van der Waals surface area contributed by atoms with E-state index in [0.29, 0.717) is 5.16 Å². The van der Waals surface area contributed by atoms with Crippen molar-refractivity contribution in [3.63, 3.8) is 0 Å². The van der Waals surface area contributed by atoms with Crippen LogP contribution in [0.5, 0.6) is 0 Å². The van der Waals surface area contributed by atoms with Crippen molar-refractivity contribution >= 4 is 33.5 Å². The maximum absolute atomic E-state index is 11.2. The average Bonchev–Trinajstić information content (AvgIpc) is 2.53. The summed E-state index contributed by atoms with van der Waals surface area (Å²) in [7, 11) is -3.17. The van der Waals surface area contributed by atoms with Gasteiger partial charge in [-0.3, -0.25) is 9.36 Å². The second-order valence-electron chi connectivity index (χ2n) is 3.83. The van der Waals surface area contributed by atoms with Gasteiger partial charge in [0.25, 0.3) is 0 Å². The van der Waals surface area contributed by atoms with Crippen LogP contribution in [-0.2, 0) is 14.6 Å². The highest BCUT2D eigenvalue weighted by atomic mass is 32.2. The second kappa shape index (κ2) is 5.57. The van der Waals surface area contributed by atoms with E-state index in [1.54, 1.807) is 6.92 Å². The monoisotopic (exact) mass is 294 g/mol. The summed E-state index contributed by atoms with van der Waals surface area (Å²) >= 11 is 0.945. The third kappa shape index (κ3) is 4.18. The molecule has 0 fully saturated rings. The van der Waals surface area contributed by atoms with Crippen molar-refractivity contribution < 1.29 is 18.3 Å². The quantitative estimate of drug-likeness (QED) is 0.681. The Hall–Kier alpha value is -1.29. The molecule has 0 radical (unpaired) electrons. The van der Waals surface area contributed by atoms with Gasteiger partial charge in [0, 0.05) is 6.26 Å². The number of sulfone groups is 1. The SMILES string of the molecule is CC(CS(C)(=O)=O)n1c(N)nnc1SCC(=O)O. The summed E-state index contributed by atoms with van der Waals surface area (Å²) in [6.07, 6.45) is 1.12. The van der Waals surface area contributed by atoms with Gasteiger partial charge in [-0.2, -0.15) is 0 Å². The molecular formula is C8H14N4O4S2. The van der Waals surface area contributed by atoms with Crippen molar-refractivity contribution in [3.05, 3.63) is 0 Å². The maximum Gasteiger partial charge on any atom is 0.313 e. The summed E-state index contributed by atoms with van der Waals surface area (Å²) in [6.45, 7) is 1.66. The van der Waals surface area contributed by atoms with Gasteiger partial charge in [-0.1, -0.05) is 11.8 Å². The van der Waals surface area contributed by atoms with E-state index in [-0.39, 0.29) is 17.5 Å². The molecule has 1 rings (SSSR count). The topological polar surface area (TPSA) is 128 Å². The van der Waals surface area contributed by atoms with Crippen LogP contribution < -0.4 is 5.73 Å². The molecule has 0 aliphatic heterocycles. The van der Waals surface area contributed by atoms with Crippen molar-refractivity contribution in [3.8, 4) is 0 Å². The minimum absolute atomic E-state index is 0.0686. The Morgan fingerprint density at radius 1 is 1.56 bits per heavy atom. The maximum atomic E-state index is 11.2. The van der Waals surface area contributed by atoms with E-state index in [2.05, 4.69) is 10.2 Å². The normalized spacial score (nSPS) is 13.4. The van der Waals surface area contributed by atoms with E-state index in [0.717, 1.165) is 18.0 Å². The summed E-state index contributed by atoms with van der Waals surface area (Å²) in [6, 6.07) is -0.453. The number of rotatable bonds is 6. The molecule has 0 aliphatic rings. The molecule has 0 aromatic carbocycles. The molecule has 102 valence electrons. The van der Waals surface area contributed by atoms with E-state index in [1.807, 2.05) is 0 Å². The summed E-state index contributed by atoms with van der Waals surface area (Å²) < 4.78 is 23.9. The van der Waals surface area contributed by atoms with E-state index in [4.69, 9.17) is 10.8 Å². The van der Waals surface area contributed by atoms with Crippen molar-refractivity contribution in [2.45, 2.75) is 18.1 Å². The zero-order valence-electron chi connectivity index (χ0n) is 9.90. The van der Waals surface area contributed by atoms with E-state index < -0.39 is 21.8 Å². The molecule has 3 N–H and O–H groups in total. The second-order valence-corrected chi connectivity index (χ2v) is 6.96. The Morgan fingerprint density at radius 3 is 2.67 bits per heavy atom. The third-order valence-corrected chi connectivity index (χ3v) is 4.02. The standard InChI is InChI=1S/C8H14N4O4S2/c1-5(4-18(2,15)16)12-7(9)10-11-8(12)17-3-6(13)14/h5H,3-4H2,1-2H3,(H2,9,10)(H,13,14). The summed E-state index contributed by atoms with van der Waals surface area (Å²) in [5.41, 5.74) is 5.60. The van der Waals surface area contributed by atoms with Crippen LogP contribution in [0, 0.1) is 0 Å². The Bertz CT molecular complexity index is 539. The number of hydrogen-bond donors (Lipinski definition) is 2. The van der Waals surface area contributed by atoms with Gasteiger partial charge in [0.2, 0.25) is 5.95 Å². The molecule has 1 unspecified atom stereocenters. The highest BCUT2D eigenvalue weighted by molar-refractivity contribution is 7.99. The smallest absolute Gasteiger partial charge is 0.313 e. The molecule has 8 nitrogen and oxygen atoms in total. The van der Waals surface area contributed by atoms with Gasteiger partial charge in [-0.25, -0.2) is 8.42 Å². The first-order valence-electron chi connectivity index (χ1n) is 4.93. The van der Waals surface area contributed by atoms with Gasteiger partial charge in [-0.05, 0) is 6.92 Å². The van der Waals surface area contributed by atoms with Crippen molar-refractivity contribution in [1.82, 2.24) is 14.8 Å². The zero-order valence-corrected chi connectivity index (χ0v) is 11.5. The Morgan fingerprint density at radius 2 is 2.17 bits per heavy atom. The Balaban J connectivity index is 2.93. The number of thioether (sulfide) groups is 1. The number of nitrogens with zero attached hydrogens (tertiary/aromatic N) is 3. The third-order valence-electron chi connectivity index (χ3n) is 2.00. The van der Waals surface area contributed by atoms with Crippen LogP contribution in [-0.4, -0.2) is 52.0 Å². The Kier molecular flexibility index (Phi) is 4.57. The van der Waals surface area contributed by atoms with Gasteiger partial charge >= 0.3 is 5.97 Å². The molecule has 0 saturated heterocycles. The lowest BCUT2D eigenvalue weighted by molar-refractivity contribution is -0.133. The average molecular weight is 294 g/mol. The summed E-state index contributed by atoms with van der Waals surface area (Å²) in [4.78, 5) is 10.5. The predicted molar refractivity (Wildman–Crippen MR) is 67.2 cm³/mol. The van der Waals surface area contributed by atoms with Gasteiger partial charge in [-0.15, -0.1) is 10.2 Å². The van der Waals surface area contributed by atoms with Crippen molar-refractivity contribution in [2.75, 3.05) is 23.5 Å². The molecule has 0 bridgehead atoms. The van der Waals surface area contributed by atoms with Crippen molar-refractivity contribution in [1.29, 1.82) is 0 Å². The van der Waals surface area contributed by atoms with Crippen molar-refractivity contribution in [2.24, 2.45) is 0 Å². The number of nitrogens with two attached hydrogens (primary N) is 1. The first kappa shape index (κ1) is 14.8. The predicted octanol–water partition coefficient (Wildman–Crippen LogP) is -0.357. The molecule has 0 spiro atoms. The highest BCUT2D eigenvalue weighted by Crippen LogP contribution is 2.23. The van der Waals surface area contributed by atoms with Crippen LogP contribution in [0.2, 0.25) is 0 Å². The number of aromatic nitrogens is 3. The minimum atomic E-state index is -3.17. The minimum Gasteiger partial charge on any atom is -0.481 e. The molecule has 18 heavy (non-hydrogen) atoms. The van der Waals surface area contributed by atoms with E-state index in [9.17, 15) is 13.2 Å². The fourth-order valence-corrected chi connectivity index (χ4v) is 3.23. The van der Waals surface area contributed by atoms with Gasteiger partial charge in [0.15, 0.2) is 5.16 Å². The summed E-state index contributed by atoms with van der Waals surface area (Å²) in [5, 5.41) is 16.2. The molecule has 0 amide bonds. The molecule has 1 atom stereocenters. The van der Waals surface area contributed by atoms with Crippen LogP contribution in [0.25, 0.3) is 0 Å². The number of aliphatic carboxylic acids is 1. The zero-order chi connectivity index (χ0) is 13.9. The molecule has 1 aromatic rings. The van der Waals surface area contributed by atoms with Crippen LogP contribution in [0.3, 0.4) is 0 Å². The number of nitrogen functional groups attached to an aromatic ring is 1. The molecule has 10 heteroatoms. The van der Waals surface area contributed by atoms with Crippen LogP contribution >= 0.6 is 11.8 Å². The van der Waals surface area contributed by atoms with Gasteiger partial charge < -0.3 is 10.8 Å². The number of carboxylic acids is 1. The van der Waals surface area contributed by atoms with E-state index >= 15 is 0 Å². The lowest BCUT2D eigenvalue weighted by atomic mass is 10.4. The molecule has 0 saturated carbocycles. The molecule has 1 aromatic heterocycles. The molecular weight excluding hydrogens is 280 g/mol. The first-order valence-corrected chi connectivity index (χ1v) is 7.98. The number of hydrogen-bond acceptors (Lipinski definition) is 7. The molecule has 0 aliphatic carbocycles. The van der Waals surface area contributed by atoms with Crippen LogP contribution in [0.1, 0.15) is 13.0 Å². The number of carbonyl (C=O) groups is 1. The van der Waals surface area contributed by atoms with Gasteiger partial charge in [0.05, 0.1) is 17.5 Å². The van der Waals surface area contributed by atoms with Crippen LogP contribution in [0.4, 0.5) is 5.95 Å². The Labute approximate surface area is 108 Å². The van der Waals surface area contributed by atoms with Gasteiger partial charge in [0.1, 0.15) is 9.84 Å². The largest absolute Gasteiger partial charge is 0.481 e.